The second-order valence-electron chi connectivity index (χ2n) is 7.11. The van der Waals surface area contributed by atoms with Gasteiger partial charge in [-0.3, -0.25) is 14.5 Å². The molecule has 4 rings (SSSR count). The highest BCUT2D eigenvalue weighted by Crippen LogP contribution is 2.42. The molecule has 30 heavy (non-hydrogen) atoms. The summed E-state index contributed by atoms with van der Waals surface area (Å²) < 4.78 is 0.870. The van der Waals surface area contributed by atoms with Gasteiger partial charge in [0, 0.05) is 15.7 Å². The highest BCUT2D eigenvalue weighted by Gasteiger charge is 2.46. The Labute approximate surface area is 183 Å². The summed E-state index contributed by atoms with van der Waals surface area (Å²) in [6.07, 6.45) is 0.874. The van der Waals surface area contributed by atoms with Crippen LogP contribution in [-0.2, 0) is 16.0 Å². The molecule has 1 saturated heterocycles. The molecule has 0 radical (unpaired) electrons. The first-order chi connectivity index (χ1) is 14.5. The second-order valence-corrected chi connectivity index (χ2v) is 8.02. The summed E-state index contributed by atoms with van der Waals surface area (Å²) in [5.74, 6) is -1.51. The van der Waals surface area contributed by atoms with E-state index in [9.17, 15) is 14.7 Å². The molecule has 3 aromatic rings. The van der Waals surface area contributed by atoms with Crippen molar-refractivity contribution in [3.8, 4) is 0 Å². The highest BCUT2D eigenvalue weighted by molar-refractivity contribution is 9.10. The number of nitrogens with zero attached hydrogens (tertiary/aromatic N) is 1. The van der Waals surface area contributed by atoms with E-state index in [1.54, 1.807) is 24.3 Å². The second kappa shape index (κ2) is 8.28. The summed E-state index contributed by atoms with van der Waals surface area (Å²) in [6, 6.07) is 23.2. The monoisotopic (exact) mass is 461 g/mol. The van der Waals surface area contributed by atoms with Crippen LogP contribution in [-0.4, -0.2) is 16.8 Å². The average Bonchev–Trinajstić information content (AvgIpc) is 3.05. The van der Waals surface area contributed by atoms with Crippen LogP contribution in [0.1, 0.15) is 29.7 Å². The molecule has 1 aliphatic heterocycles. The first kappa shape index (κ1) is 20.1. The van der Waals surface area contributed by atoms with Gasteiger partial charge >= 0.3 is 0 Å². The zero-order valence-corrected chi connectivity index (χ0v) is 18.0. The van der Waals surface area contributed by atoms with Gasteiger partial charge in [-0.1, -0.05) is 77.5 Å². The van der Waals surface area contributed by atoms with Crippen LogP contribution in [0.5, 0.6) is 0 Å². The summed E-state index contributed by atoms with van der Waals surface area (Å²) in [7, 11) is 0. The van der Waals surface area contributed by atoms with Gasteiger partial charge in [0.25, 0.3) is 11.7 Å². The van der Waals surface area contributed by atoms with E-state index in [1.807, 2.05) is 61.5 Å². The number of carbonyl (C=O) groups is 2. The maximum Gasteiger partial charge on any atom is 0.300 e. The number of halogens is 1. The number of Topliss-reactive ketones (excluding diaryl/α,β-unsaturated/α-hetero) is 1. The Morgan fingerprint density at radius 3 is 2.17 bits per heavy atom. The lowest BCUT2D eigenvalue weighted by Crippen LogP contribution is -2.29. The van der Waals surface area contributed by atoms with Crippen LogP contribution in [0.2, 0.25) is 0 Å². The molecule has 0 spiro atoms. The summed E-state index contributed by atoms with van der Waals surface area (Å²) in [5.41, 5.74) is 3.09. The molecular weight excluding hydrogens is 442 g/mol. The van der Waals surface area contributed by atoms with E-state index in [0.29, 0.717) is 11.3 Å². The summed E-state index contributed by atoms with van der Waals surface area (Å²) in [6.45, 7) is 2.05. The molecule has 1 N–H and O–H groups in total. The van der Waals surface area contributed by atoms with E-state index in [1.165, 1.54) is 4.90 Å². The van der Waals surface area contributed by atoms with Crippen LogP contribution in [0.4, 0.5) is 5.69 Å². The molecule has 4 nitrogen and oxygen atoms in total. The Morgan fingerprint density at radius 2 is 1.57 bits per heavy atom. The third-order valence-corrected chi connectivity index (χ3v) is 5.83. The number of hydrogen-bond acceptors (Lipinski definition) is 3. The SMILES string of the molecule is CCc1ccc(/C(O)=C2\C(=O)C(=O)N(c3ccc(Br)cc3)C2c2ccccc2)cc1. The summed E-state index contributed by atoms with van der Waals surface area (Å²) >= 11 is 3.40. The summed E-state index contributed by atoms with van der Waals surface area (Å²) in [4.78, 5) is 27.6. The lowest BCUT2D eigenvalue weighted by Gasteiger charge is -2.25. The molecular formula is C25H20BrNO3. The zero-order chi connectivity index (χ0) is 21.3. The standard InChI is InChI=1S/C25H20BrNO3/c1-2-16-8-10-18(11-9-16)23(28)21-22(17-6-4-3-5-7-17)27(25(30)24(21)29)20-14-12-19(26)13-15-20/h3-15,22,28H,2H2,1H3/b23-21+. The van der Waals surface area contributed by atoms with Gasteiger partial charge in [0.2, 0.25) is 0 Å². The fourth-order valence-electron chi connectivity index (χ4n) is 3.71. The number of carbonyl (C=O) groups excluding carboxylic acids is 2. The Morgan fingerprint density at radius 1 is 0.933 bits per heavy atom. The number of rotatable bonds is 4. The Balaban J connectivity index is 1.90. The van der Waals surface area contributed by atoms with Gasteiger partial charge in [0.05, 0.1) is 11.6 Å². The van der Waals surface area contributed by atoms with E-state index in [-0.39, 0.29) is 11.3 Å². The van der Waals surface area contributed by atoms with Crippen LogP contribution in [0.25, 0.3) is 5.76 Å². The number of aliphatic hydroxyl groups excluding tert-OH is 1. The molecule has 150 valence electrons. The fourth-order valence-corrected chi connectivity index (χ4v) is 3.97. The zero-order valence-electron chi connectivity index (χ0n) is 16.4. The Kier molecular flexibility index (Phi) is 5.55. The van der Waals surface area contributed by atoms with E-state index < -0.39 is 17.7 Å². The Bertz CT molecular complexity index is 1120. The molecule has 3 aromatic carbocycles. The minimum Gasteiger partial charge on any atom is -0.507 e. The fraction of sp³-hybridized carbons (Fsp3) is 0.120. The van der Waals surface area contributed by atoms with Crippen molar-refractivity contribution >= 4 is 39.1 Å². The Hall–Kier alpha value is -3.18. The van der Waals surface area contributed by atoms with Crippen molar-refractivity contribution in [3.05, 3.63) is 106 Å². The minimum atomic E-state index is -0.710. The third kappa shape index (κ3) is 3.57. The van der Waals surface area contributed by atoms with Crippen LogP contribution in [0.3, 0.4) is 0 Å². The largest absolute Gasteiger partial charge is 0.507 e. The number of aryl methyl sites for hydroxylation is 1. The smallest absolute Gasteiger partial charge is 0.300 e. The topological polar surface area (TPSA) is 57.6 Å². The molecule has 1 amide bonds. The molecule has 0 aliphatic carbocycles. The lowest BCUT2D eigenvalue weighted by molar-refractivity contribution is -0.132. The molecule has 0 bridgehead atoms. The van der Waals surface area contributed by atoms with Crippen molar-refractivity contribution in [1.29, 1.82) is 0 Å². The van der Waals surface area contributed by atoms with Crippen molar-refractivity contribution in [2.24, 2.45) is 0 Å². The van der Waals surface area contributed by atoms with Gasteiger partial charge < -0.3 is 5.11 Å². The molecule has 1 heterocycles. The molecule has 0 aromatic heterocycles. The normalized spacial score (nSPS) is 18.1. The number of benzene rings is 3. The van der Waals surface area contributed by atoms with Gasteiger partial charge in [-0.15, -0.1) is 0 Å². The van der Waals surface area contributed by atoms with Crippen molar-refractivity contribution < 1.29 is 14.7 Å². The van der Waals surface area contributed by atoms with Crippen molar-refractivity contribution in [2.45, 2.75) is 19.4 Å². The van der Waals surface area contributed by atoms with E-state index in [0.717, 1.165) is 22.0 Å². The maximum atomic E-state index is 13.1. The van der Waals surface area contributed by atoms with Gasteiger partial charge in [0.15, 0.2) is 0 Å². The first-order valence-corrected chi connectivity index (χ1v) is 10.5. The van der Waals surface area contributed by atoms with Crippen LogP contribution >= 0.6 is 15.9 Å². The van der Waals surface area contributed by atoms with Crippen LogP contribution in [0.15, 0.2) is 88.9 Å². The number of amides is 1. The molecule has 1 unspecified atom stereocenters. The van der Waals surface area contributed by atoms with Crippen LogP contribution in [0, 0.1) is 0 Å². The molecule has 1 aliphatic rings. The number of anilines is 1. The third-order valence-electron chi connectivity index (χ3n) is 5.30. The summed E-state index contributed by atoms with van der Waals surface area (Å²) in [5, 5.41) is 11.1. The number of aliphatic hydroxyl groups is 1. The van der Waals surface area contributed by atoms with E-state index in [4.69, 9.17) is 0 Å². The minimum absolute atomic E-state index is 0.0957. The molecule has 5 heteroatoms. The average molecular weight is 462 g/mol. The van der Waals surface area contributed by atoms with Gasteiger partial charge in [-0.25, -0.2) is 0 Å². The predicted molar refractivity (Wildman–Crippen MR) is 121 cm³/mol. The molecule has 1 atom stereocenters. The van der Waals surface area contributed by atoms with Gasteiger partial charge in [-0.05, 0) is 41.8 Å². The van der Waals surface area contributed by atoms with Gasteiger partial charge in [0.1, 0.15) is 5.76 Å². The van der Waals surface area contributed by atoms with Gasteiger partial charge in [-0.2, -0.15) is 0 Å². The quantitative estimate of drug-likeness (QED) is 0.310. The molecule has 1 fully saturated rings. The highest BCUT2D eigenvalue weighted by atomic mass is 79.9. The first-order valence-electron chi connectivity index (χ1n) is 9.72. The maximum absolute atomic E-state index is 13.1. The molecule has 0 saturated carbocycles. The van der Waals surface area contributed by atoms with Crippen molar-refractivity contribution in [3.63, 3.8) is 0 Å². The lowest BCUT2D eigenvalue weighted by atomic mass is 9.95. The number of hydrogen-bond donors (Lipinski definition) is 1. The number of ketones is 1. The van der Waals surface area contributed by atoms with E-state index >= 15 is 0 Å². The van der Waals surface area contributed by atoms with Crippen molar-refractivity contribution in [1.82, 2.24) is 0 Å². The van der Waals surface area contributed by atoms with Crippen LogP contribution < -0.4 is 4.90 Å². The predicted octanol–water partition coefficient (Wildman–Crippen LogP) is 5.64. The van der Waals surface area contributed by atoms with E-state index in [2.05, 4.69) is 15.9 Å². The van der Waals surface area contributed by atoms with Crippen molar-refractivity contribution in [2.75, 3.05) is 4.90 Å².